The van der Waals surface area contributed by atoms with Gasteiger partial charge in [-0.25, -0.2) is 0 Å². The molecule has 1 aromatic carbocycles. The van der Waals surface area contributed by atoms with Gasteiger partial charge in [-0.05, 0) is 25.1 Å². The molecule has 0 heterocycles. The first-order chi connectivity index (χ1) is 7.24. The van der Waals surface area contributed by atoms with Crippen LogP contribution in [0.25, 0.3) is 0 Å². The molecule has 1 rings (SSSR count). The molecule has 0 aromatic heterocycles. The first-order valence-electron chi connectivity index (χ1n) is 5.31. The van der Waals surface area contributed by atoms with E-state index in [2.05, 4.69) is 5.32 Å². The predicted octanol–water partition coefficient (Wildman–Crippen LogP) is 1.34. The van der Waals surface area contributed by atoms with Crippen molar-refractivity contribution < 1.29 is 9.84 Å². The summed E-state index contributed by atoms with van der Waals surface area (Å²) in [6.07, 6.45) is -0.454. The largest absolute Gasteiger partial charge is 0.491 e. The Kier molecular flexibility index (Phi) is 5.15. The van der Waals surface area contributed by atoms with Gasteiger partial charge >= 0.3 is 0 Å². The smallest absolute Gasteiger partial charge is 0.122 e. The van der Waals surface area contributed by atoms with E-state index in [0.29, 0.717) is 13.2 Å². The van der Waals surface area contributed by atoms with Gasteiger partial charge in [-0.2, -0.15) is 0 Å². The molecule has 3 heteroatoms. The highest BCUT2D eigenvalue weighted by Gasteiger charge is 2.04. The van der Waals surface area contributed by atoms with Crippen LogP contribution in [0, 0.1) is 6.92 Å². The minimum Gasteiger partial charge on any atom is -0.491 e. The Hall–Kier alpha value is -1.06. The van der Waals surface area contributed by atoms with E-state index in [-0.39, 0.29) is 0 Å². The van der Waals surface area contributed by atoms with Crippen LogP contribution in [0.2, 0.25) is 0 Å². The SMILES string of the molecule is CCNCC(O)COc1ccccc1C. The van der Waals surface area contributed by atoms with Crippen molar-refractivity contribution >= 4 is 0 Å². The lowest BCUT2D eigenvalue weighted by molar-refractivity contribution is 0.106. The van der Waals surface area contributed by atoms with Crippen LogP contribution in [-0.2, 0) is 0 Å². The molecule has 0 spiro atoms. The number of benzene rings is 1. The molecule has 1 aromatic rings. The predicted molar refractivity (Wildman–Crippen MR) is 61.2 cm³/mol. The second-order valence-electron chi connectivity index (χ2n) is 3.54. The zero-order chi connectivity index (χ0) is 11.1. The summed E-state index contributed by atoms with van der Waals surface area (Å²) in [5.74, 6) is 0.841. The van der Waals surface area contributed by atoms with E-state index in [4.69, 9.17) is 4.74 Å². The molecule has 0 aliphatic carbocycles. The van der Waals surface area contributed by atoms with E-state index < -0.39 is 6.10 Å². The number of aliphatic hydroxyl groups excluding tert-OH is 1. The van der Waals surface area contributed by atoms with Gasteiger partial charge in [-0.3, -0.25) is 0 Å². The van der Waals surface area contributed by atoms with Gasteiger partial charge in [0.15, 0.2) is 0 Å². The third kappa shape index (κ3) is 4.32. The molecule has 0 bridgehead atoms. The summed E-state index contributed by atoms with van der Waals surface area (Å²) < 4.78 is 5.51. The van der Waals surface area contributed by atoms with E-state index in [9.17, 15) is 5.11 Å². The molecule has 2 N–H and O–H groups in total. The number of aryl methyl sites for hydroxylation is 1. The summed E-state index contributed by atoms with van der Waals surface area (Å²) in [7, 11) is 0. The molecule has 0 saturated heterocycles. The van der Waals surface area contributed by atoms with Crippen molar-refractivity contribution in [3.8, 4) is 5.75 Å². The van der Waals surface area contributed by atoms with Crippen LogP contribution < -0.4 is 10.1 Å². The fraction of sp³-hybridized carbons (Fsp3) is 0.500. The summed E-state index contributed by atoms with van der Waals surface area (Å²) in [5, 5.41) is 12.6. The maximum absolute atomic E-state index is 9.54. The van der Waals surface area contributed by atoms with E-state index in [0.717, 1.165) is 17.9 Å². The number of rotatable bonds is 6. The van der Waals surface area contributed by atoms with Gasteiger partial charge < -0.3 is 15.2 Å². The number of aliphatic hydroxyl groups is 1. The molecule has 0 radical (unpaired) electrons. The summed E-state index contributed by atoms with van der Waals surface area (Å²) in [4.78, 5) is 0. The Labute approximate surface area is 91.1 Å². The van der Waals surface area contributed by atoms with E-state index in [1.54, 1.807) is 0 Å². The third-order valence-corrected chi connectivity index (χ3v) is 2.15. The van der Waals surface area contributed by atoms with Crippen molar-refractivity contribution in [1.29, 1.82) is 0 Å². The molecule has 1 unspecified atom stereocenters. The lowest BCUT2D eigenvalue weighted by Crippen LogP contribution is -2.31. The van der Waals surface area contributed by atoms with Crippen LogP contribution in [-0.4, -0.2) is 30.9 Å². The van der Waals surface area contributed by atoms with Gasteiger partial charge in [0, 0.05) is 6.54 Å². The Balaban J connectivity index is 2.33. The Morgan fingerprint density at radius 2 is 2.13 bits per heavy atom. The maximum Gasteiger partial charge on any atom is 0.122 e. The number of hydrogen-bond acceptors (Lipinski definition) is 3. The number of nitrogens with one attached hydrogen (secondary N) is 1. The van der Waals surface area contributed by atoms with Crippen LogP contribution in [0.15, 0.2) is 24.3 Å². The second-order valence-corrected chi connectivity index (χ2v) is 3.54. The van der Waals surface area contributed by atoms with Crippen LogP contribution in [0.1, 0.15) is 12.5 Å². The maximum atomic E-state index is 9.54. The van der Waals surface area contributed by atoms with Crippen LogP contribution in [0.5, 0.6) is 5.75 Å². The monoisotopic (exact) mass is 209 g/mol. The first-order valence-corrected chi connectivity index (χ1v) is 5.31. The summed E-state index contributed by atoms with van der Waals surface area (Å²) in [6, 6.07) is 7.80. The van der Waals surface area contributed by atoms with Gasteiger partial charge in [-0.15, -0.1) is 0 Å². The highest BCUT2D eigenvalue weighted by Crippen LogP contribution is 2.15. The second kappa shape index (κ2) is 6.43. The van der Waals surface area contributed by atoms with Crippen LogP contribution in [0.4, 0.5) is 0 Å². The molecule has 0 aliphatic heterocycles. The quantitative estimate of drug-likeness (QED) is 0.743. The van der Waals surface area contributed by atoms with Crippen molar-refractivity contribution in [2.45, 2.75) is 20.0 Å². The molecule has 0 aliphatic rings. The molecule has 0 saturated carbocycles. The van der Waals surface area contributed by atoms with Gasteiger partial charge in [0.2, 0.25) is 0 Å². The van der Waals surface area contributed by atoms with Gasteiger partial charge in [0.05, 0.1) is 0 Å². The summed E-state index contributed by atoms with van der Waals surface area (Å²) in [5.41, 5.74) is 1.09. The normalized spacial score (nSPS) is 12.5. The summed E-state index contributed by atoms with van der Waals surface area (Å²) in [6.45, 7) is 5.77. The number of likely N-dealkylation sites (N-methyl/N-ethyl adjacent to an activating group) is 1. The standard InChI is InChI=1S/C12H19NO2/c1-3-13-8-11(14)9-15-12-7-5-4-6-10(12)2/h4-7,11,13-14H,3,8-9H2,1-2H3. The number of ether oxygens (including phenoxy) is 1. The number of para-hydroxylation sites is 1. The van der Waals surface area contributed by atoms with E-state index in [1.165, 1.54) is 0 Å². The van der Waals surface area contributed by atoms with Crippen molar-refractivity contribution in [1.82, 2.24) is 5.32 Å². The van der Waals surface area contributed by atoms with E-state index >= 15 is 0 Å². The Bertz CT molecular complexity index is 289. The lowest BCUT2D eigenvalue weighted by atomic mass is 10.2. The van der Waals surface area contributed by atoms with Crippen LogP contribution in [0.3, 0.4) is 0 Å². The average molecular weight is 209 g/mol. The van der Waals surface area contributed by atoms with Crippen molar-refractivity contribution in [3.63, 3.8) is 0 Å². The Morgan fingerprint density at radius 3 is 2.80 bits per heavy atom. The van der Waals surface area contributed by atoms with Crippen LogP contribution >= 0.6 is 0 Å². The van der Waals surface area contributed by atoms with Crippen molar-refractivity contribution in [2.24, 2.45) is 0 Å². The number of hydrogen-bond donors (Lipinski definition) is 2. The van der Waals surface area contributed by atoms with Crippen molar-refractivity contribution in [3.05, 3.63) is 29.8 Å². The van der Waals surface area contributed by atoms with Gasteiger partial charge in [0.1, 0.15) is 18.5 Å². The van der Waals surface area contributed by atoms with Gasteiger partial charge in [-0.1, -0.05) is 25.1 Å². The molecule has 0 fully saturated rings. The minimum atomic E-state index is -0.454. The molecule has 15 heavy (non-hydrogen) atoms. The highest BCUT2D eigenvalue weighted by molar-refractivity contribution is 5.31. The first kappa shape index (κ1) is 12.0. The topological polar surface area (TPSA) is 41.5 Å². The zero-order valence-corrected chi connectivity index (χ0v) is 9.36. The van der Waals surface area contributed by atoms with E-state index in [1.807, 2.05) is 38.1 Å². The lowest BCUT2D eigenvalue weighted by Gasteiger charge is -2.13. The summed E-state index contributed by atoms with van der Waals surface area (Å²) >= 11 is 0. The third-order valence-electron chi connectivity index (χ3n) is 2.15. The minimum absolute atomic E-state index is 0.331. The molecule has 84 valence electrons. The van der Waals surface area contributed by atoms with Gasteiger partial charge in [0.25, 0.3) is 0 Å². The molecule has 1 atom stereocenters. The molecular weight excluding hydrogens is 190 g/mol. The fourth-order valence-electron chi connectivity index (χ4n) is 1.27. The highest BCUT2D eigenvalue weighted by atomic mass is 16.5. The average Bonchev–Trinajstić information content (AvgIpc) is 2.25. The van der Waals surface area contributed by atoms with Crippen molar-refractivity contribution in [2.75, 3.05) is 19.7 Å². The fourth-order valence-corrected chi connectivity index (χ4v) is 1.27. The zero-order valence-electron chi connectivity index (χ0n) is 9.36. The molecular formula is C12H19NO2. The molecule has 0 amide bonds. The Morgan fingerprint density at radius 1 is 1.40 bits per heavy atom. The molecule has 3 nitrogen and oxygen atoms in total.